The summed E-state index contributed by atoms with van der Waals surface area (Å²) >= 11 is 0. The van der Waals surface area contributed by atoms with Crippen molar-refractivity contribution in [2.24, 2.45) is 17.8 Å². The second-order valence-electron chi connectivity index (χ2n) is 6.23. The zero-order valence-corrected chi connectivity index (χ0v) is 11.7. The second kappa shape index (κ2) is 4.48. The molecule has 3 unspecified atom stereocenters. The molecule has 2 aliphatic rings. The van der Waals surface area contributed by atoms with Crippen molar-refractivity contribution in [2.45, 2.75) is 31.7 Å². The van der Waals surface area contributed by atoms with Crippen LogP contribution in [0.4, 0.5) is 0 Å². The molecule has 0 radical (unpaired) electrons. The molecule has 0 aliphatic heterocycles. The molecule has 1 heterocycles. The highest BCUT2D eigenvalue weighted by atomic mass is 16.4. The Morgan fingerprint density at radius 2 is 2.05 bits per heavy atom. The van der Waals surface area contributed by atoms with Gasteiger partial charge in [0.25, 0.3) is 0 Å². The fourth-order valence-corrected chi connectivity index (χ4v) is 4.28. The quantitative estimate of drug-likeness (QED) is 0.903. The third-order valence-corrected chi connectivity index (χ3v) is 5.22. The SMILES string of the molecule is CNC(c1ccc2[nH]c(=O)oc2c1)C1C2CCCCC21. The number of fused-ring (bicyclic) bond motifs is 2. The van der Waals surface area contributed by atoms with Gasteiger partial charge in [-0.2, -0.15) is 0 Å². The molecule has 2 fully saturated rings. The van der Waals surface area contributed by atoms with E-state index in [-0.39, 0.29) is 5.76 Å². The number of hydrogen-bond donors (Lipinski definition) is 2. The summed E-state index contributed by atoms with van der Waals surface area (Å²) in [6, 6.07) is 6.46. The molecule has 3 atom stereocenters. The van der Waals surface area contributed by atoms with Crippen LogP contribution in [0.3, 0.4) is 0 Å². The lowest BCUT2D eigenvalue weighted by Gasteiger charge is -2.17. The van der Waals surface area contributed by atoms with Gasteiger partial charge in [-0.15, -0.1) is 0 Å². The maximum Gasteiger partial charge on any atom is 0.417 e. The van der Waals surface area contributed by atoms with E-state index in [9.17, 15) is 4.79 Å². The van der Waals surface area contributed by atoms with E-state index in [1.54, 1.807) is 0 Å². The number of rotatable bonds is 3. The first-order chi connectivity index (χ1) is 9.78. The van der Waals surface area contributed by atoms with Crippen molar-refractivity contribution in [2.75, 3.05) is 7.05 Å². The van der Waals surface area contributed by atoms with Gasteiger partial charge >= 0.3 is 5.76 Å². The Morgan fingerprint density at radius 3 is 2.75 bits per heavy atom. The molecule has 4 heteroatoms. The Bertz CT molecular complexity index is 675. The van der Waals surface area contributed by atoms with Crippen molar-refractivity contribution in [1.82, 2.24) is 10.3 Å². The van der Waals surface area contributed by atoms with Crippen LogP contribution in [-0.4, -0.2) is 12.0 Å². The van der Waals surface area contributed by atoms with E-state index in [0.29, 0.717) is 11.6 Å². The monoisotopic (exact) mass is 272 g/mol. The number of aromatic amines is 1. The molecular weight excluding hydrogens is 252 g/mol. The molecule has 4 rings (SSSR count). The molecule has 2 aromatic rings. The molecule has 0 bridgehead atoms. The number of H-pyrrole nitrogens is 1. The minimum Gasteiger partial charge on any atom is -0.408 e. The largest absolute Gasteiger partial charge is 0.417 e. The lowest BCUT2D eigenvalue weighted by atomic mass is 9.99. The van der Waals surface area contributed by atoms with Crippen LogP contribution >= 0.6 is 0 Å². The molecule has 1 aromatic carbocycles. The summed E-state index contributed by atoms with van der Waals surface area (Å²) in [4.78, 5) is 13.9. The van der Waals surface area contributed by atoms with E-state index in [4.69, 9.17) is 4.42 Å². The van der Waals surface area contributed by atoms with E-state index in [2.05, 4.69) is 16.4 Å². The highest BCUT2D eigenvalue weighted by Gasteiger charge is 2.54. The number of oxazole rings is 1. The van der Waals surface area contributed by atoms with Crippen molar-refractivity contribution >= 4 is 11.1 Å². The Morgan fingerprint density at radius 1 is 1.30 bits per heavy atom. The Balaban J connectivity index is 1.67. The maximum atomic E-state index is 11.3. The smallest absolute Gasteiger partial charge is 0.408 e. The number of nitrogens with one attached hydrogen (secondary N) is 2. The van der Waals surface area contributed by atoms with Gasteiger partial charge < -0.3 is 9.73 Å². The predicted octanol–water partition coefficient (Wildman–Crippen LogP) is 2.82. The van der Waals surface area contributed by atoms with Crippen LogP contribution < -0.4 is 11.1 Å². The Kier molecular flexibility index (Phi) is 2.74. The molecule has 2 aliphatic carbocycles. The van der Waals surface area contributed by atoms with Crippen molar-refractivity contribution in [3.63, 3.8) is 0 Å². The van der Waals surface area contributed by atoms with E-state index < -0.39 is 0 Å². The minimum atomic E-state index is -0.377. The van der Waals surface area contributed by atoms with Crippen molar-refractivity contribution in [1.29, 1.82) is 0 Å². The average Bonchev–Trinajstić information content (AvgIpc) is 3.04. The molecule has 1 aromatic heterocycles. The molecule has 106 valence electrons. The van der Waals surface area contributed by atoms with Gasteiger partial charge in [0.05, 0.1) is 5.52 Å². The predicted molar refractivity (Wildman–Crippen MR) is 77.6 cm³/mol. The van der Waals surface area contributed by atoms with E-state index >= 15 is 0 Å². The van der Waals surface area contributed by atoms with Crippen molar-refractivity contribution < 1.29 is 4.42 Å². The van der Waals surface area contributed by atoms with Crippen LogP contribution in [0.15, 0.2) is 27.4 Å². The first-order valence-corrected chi connectivity index (χ1v) is 7.58. The number of hydrogen-bond acceptors (Lipinski definition) is 3. The van der Waals surface area contributed by atoms with Gasteiger partial charge in [0.1, 0.15) is 0 Å². The van der Waals surface area contributed by atoms with Gasteiger partial charge in [-0.05, 0) is 55.3 Å². The third-order valence-electron chi connectivity index (χ3n) is 5.22. The molecular formula is C16H20N2O2. The lowest BCUT2D eigenvalue weighted by Crippen LogP contribution is -2.19. The Hall–Kier alpha value is -1.55. The van der Waals surface area contributed by atoms with Gasteiger partial charge in [-0.3, -0.25) is 4.98 Å². The van der Waals surface area contributed by atoms with Crippen LogP contribution in [0.5, 0.6) is 0 Å². The standard InChI is InChI=1S/C16H20N2O2/c1-17-15(14-10-4-2-3-5-11(10)14)9-6-7-12-13(8-9)20-16(19)18-12/h6-8,10-11,14-15,17H,2-5H2,1H3,(H,18,19). The van der Waals surface area contributed by atoms with Crippen LogP contribution in [0.1, 0.15) is 37.3 Å². The van der Waals surface area contributed by atoms with E-state index in [0.717, 1.165) is 23.3 Å². The van der Waals surface area contributed by atoms with Crippen LogP contribution in [0.25, 0.3) is 11.1 Å². The van der Waals surface area contributed by atoms with Gasteiger partial charge in [-0.1, -0.05) is 18.9 Å². The summed E-state index contributed by atoms with van der Waals surface area (Å²) in [5.74, 6) is 2.18. The molecule has 0 spiro atoms. The van der Waals surface area contributed by atoms with E-state index in [1.165, 1.54) is 31.2 Å². The summed E-state index contributed by atoms with van der Waals surface area (Å²) in [5, 5.41) is 3.48. The van der Waals surface area contributed by atoms with Gasteiger partial charge in [-0.25, -0.2) is 4.79 Å². The molecule has 0 amide bonds. The second-order valence-corrected chi connectivity index (χ2v) is 6.23. The summed E-state index contributed by atoms with van der Waals surface area (Å²) in [6.45, 7) is 0. The highest BCUT2D eigenvalue weighted by molar-refractivity contribution is 5.72. The van der Waals surface area contributed by atoms with Crippen LogP contribution in [0.2, 0.25) is 0 Å². The Labute approximate surface area is 117 Å². The number of aromatic nitrogens is 1. The van der Waals surface area contributed by atoms with Gasteiger partial charge in [0.2, 0.25) is 0 Å². The molecule has 2 N–H and O–H groups in total. The average molecular weight is 272 g/mol. The van der Waals surface area contributed by atoms with Crippen molar-refractivity contribution in [3.8, 4) is 0 Å². The lowest BCUT2D eigenvalue weighted by molar-refractivity contribution is 0.480. The summed E-state index contributed by atoms with van der Waals surface area (Å²) in [5.41, 5.74) is 2.68. The fourth-order valence-electron chi connectivity index (χ4n) is 4.28. The maximum absolute atomic E-state index is 11.3. The van der Waals surface area contributed by atoms with Crippen molar-refractivity contribution in [3.05, 3.63) is 34.3 Å². The van der Waals surface area contributed by atoms with E-state index in [1.807, 2.05) is 19.2 Å². The molecule has 20 heavy (non-hydrogen) atoms. The highest BCUT2D eigenvalue weighted by Crippen LogP contribution is 2.60. The number of benzene rings is 1. The molecule has 2 saturated carbocycles. The normalized spacial score (nSPS) is 30.1. The zero-order chi connectivity index (χ0) is 13.7. The topological polar surface area (TPSA) is 58.0 Å². The van der Waals surface area contributed by atoms with Gasteiger partial charge in [0.15, 0.2) is 5.58 Å². The molecule has 4 nitrogen and oxygen atoms in total. The summed E-state index contributed by atoms with van der Waals surface area (Å²) in [6.07, 6.45) is 5.55. The minimum absolute atomic E-state index is 0.377. The van der Waals surface area contributed by atoms with Crippen LogP contribution in [0, 0.1) is 17.8 Å². The van der Waals surface area contributed by atoms with Gasteiger partial charge in [0, 0.05) is 6.04 Å². The molecule has 0 saturated heterocycles. The fraction of sp³-hybridized carbons (Fsp3) is 0.562. The first-order valence-electron chi connectivity index (χ1n) is 7.58. The zero-order valence-electron chi connectivity index (χ0n) is 11.7. The summed E-state index contributed by atoms with van der Waals surface area (Å²) < 4.78 is 5.18. The first kappa shape index (κ1) is 12.2. The summed E-state index contributed by atoms with van der Waals surface area (Å²) in [7, 11) is 2.03. The third kappa shape index (κ3) is 1.82. The van der Waals surface area contributed by atoms with Crippen LogP contribution in [-0.2, 0) is 0 Å².